The minimum absolute atomic E-state index is 0.193. The van der Waals surface area contributed by atoms with Crippen molar-refractivity contribution in [3.63, 3.8) is 0 Å². The molecule has 0 aromatic heterocycles. The van der Waals surface area contributed by atoms with E-state index in [1.54, 1.807) is 0 Å². The zero-order valence-electron chi connectivity index (χ0n) is 8.33. The van der Waals surface area contributed by atoms with Gasteiger partial charge in [0.05, 0.1) is 17.8 Å². The number of ether oxygens (including phenoxy) is 1. The molecule has 0 bridgehead atoms. The van der Waals surface area contributed by atoms with Crippen LogP contribution < -0.4 is 15.9 Å². The Kier molecular flexibility index (Phi) is 4.24. The molecule has 0 aliphatic heterocycles. The topological polar surface area (TPSA) is 76.7 Å². The van der Waals surface area contributed by atoms with Crippen molar-refractivity contribution in [2.75, 3.05) is 7.11 Å². The number of primary amides is 1. The summed E-state index contributed by atoms with van der Waals surface area (Å²) in [5.74, 6) is -0.160. The number of nitrogens with one attached hydrogen (secondary N) is 1. The minimum atomic E-state index is -0.781. The van der Waals surface area contributed by atoms with Gasteiger partial charge in [0.2, 0.25) is 0 Å². The maximum absolute atomic E-state index is 13.1. The van der Waals surface area contributed by atoms with Crippen LogP contribution in [-0.2, 0) is 0 Å². The molecule has 0 spiro atoms. The van der Waals surface area contributed by atoms with Gasteiger partial charge in [-0.1, -0.05) is 0 Å². The van der Waals surface area contributed by atoms with Gasteiger partial charge in [-0.3, -0.25) is 0 Å². The predicted molar refractivity (Wildman–Crippen MR) is 61.0 cm³/mol. The van der Waals surface area contributed by atoms with Crippen LogP contribution >= 0.6 is 15.9 Å². The van der Waals surface area contributed by atoms with Crippen molar-refractivity contribution in [3.05, 3.63) is 28.0 Å². The lowest BCUT2D eigenvalue weighted by molar-refractivity contribution is 0.249. The van der Waals surface area contributed by atoms with E-state index in [0.29, 0.717) is 5.56 Å². The average Bonchev–Trinajstić information content (AvgIpc) is 2.23. The largest absolute Gasteiger partial charge is 0.495 e. The van der Waals surface area contributed by atoms with Gasteiger partial charge in [-0.15, -0.1) is 0 Å². The van der Waals surface area contributed by atoms with Crippen molar-refractivity contribution in [2.45, 2.75) is 0 Å². The van der Waals surface area contributed by atoms with E-state index in [4.69, 9.17) is 10.5 Å². The quantitative estimate of drug-likeness (QED) is 0.655. The molecule has 1 aromatic rings. The zero-order valence-corrected chi connectivity index (χ0v) is 9.92. The summed E-state index contributed by atoms with van der Waals surface area (Å²) in [5.41, 5.74) is 7.34. The molecule has 2 amide bonds. The number of urea groups is 1. The Bertz CT molecular complexity index is 437. The van der Waals surface area contributed by atoms with E-state index in [1.807, 2.05) is 5.43 Å². The lowest BCUT2D eigenvalue weighted by Gasteiger charge is -2.07. The Morgan fingerprint density at radius 2 is 2.38 bits per heavy atom. The number of methoxy groups -OCH3 is 1. The van der Waals surface area contributed by atoms with Gasteiger partial charge in [0.25, 0.3) is 0 Å². The second-order valence-corrected chi connectivity index (χ2v) is 3.51. The Hall–Kier alpha value is -1.63. The molecular formula is C9H9BrFN3O2. The first-order chi connectivity index (χ1) is 7.56. The molecule has 0 fully saturated rings. The van der Waals surface area contributed by atoms with Crippen LogP contribution in [0.5, 0.6) is 5.75 Å². The summed E-state index contributed by atoms with van der Waals surface area (Å²) in [6.45, 7) is 0. The van der Waals surface area contributed by atoms with E-state index in [1.165, 1.54) is 25.5 Å². The van der Waals surface area contributed by atoms with Crippen molar-refractivity contribution >= 4 is 28.2 Å². The number of halogens is 2. The average molecular weight is 290 g/mol. The number of hydrazone groups is 1. The standard InChI is InChI=1S/C9H9BrFN3O2/c1-16-8-5(4-13-14-9(12)15)2-3-6(11)7(8)10/h2-4H,1H3,(H3,12,14,15). The third-order valence-electron chi connectivity index (χ3n) is 1.66. The molecule has 1 aromatic carbocycles. The Morgan fingerprint density at radius 3 is 2.94 bits per heavy atom. The van der Waals surface area contributed by atoms with Crippen molar-refractivity contribution in [3.8, 4) is 5.75 Å². The lowest BCUT2D eigenvalue weighted by atomic mass is 10.2. The molecule has 0 atom stereocenters. The first-order valence-corrected chi connectivity index (χ1v) is 4.96. The van der Waals surface area contributed by atoms with Crippen molar-refractivity contribution in [2.24, 2.45) is 10.8 Å². The fourth-order valence-electron chi connectivity index (χ4n) is 1.02. The van der Waals surface area contributed by atoms with Crippen LogP contribution in [0, 0.1) is 5.82 Å². The van der Waals surface area contributed by atoms with Crippen LogP contribution in [0.1, 0.15) is 5.56 Å². The molecule has 0 unspecified atom stereocenters. The summed E-state index contributed by atoms with van der Waals surface area (Å²) >= 11 is 3.04. The van der Waals surface area contributed by atoms with Gasteiger partial charge >= 0.3 is 6.03 Å². The summed E-state index contributed by atoms with van der Waals surface area (Å²) in [6, 6.07) is 1.93. The summed E-state index contributed by atoms with van der Waals surface area (Å²) < 4.78 is 18.3. The van der Waals surface area contributed by atoms with Crippen LogP contribution in [-0.4, -0.2) is 19.4 Å². The third kappa shape index (κ3) is 2.93. The van der Waals surface area contributed by atoms with Gasteiger partial charge in [0, 0.05) is 5.56 Å². The maximum atomic E-state index is 13.1. The van der Waals surface area contributed by atoms with Gasteiger partial charge in [0.15, 0.2) is 0 Å². The molecule has 1 rings (SSSR count). The number of hydrogen-bond acceptors (Lipinski definition) is 3. The van der Waals surface area contributed by atoms with Crippen LogP contribution in [0.4, 0.5) is 9.18 Å². The highest BCUT2D eigenvalue weighted by Crippen LogP contribution is 2.30. The summed E-state index contributed by atoms with van der Waals surface area (Å²) in [5, 5.41) is 3.55. The number of nitrogens with zero attached hydrogens (tertiary/aromatic N) is 1. The number of rotatable bonds is 3. The second-order valence-electron chi connectivity index (χ2n) is 2.72. The van der Waals surface area contributed by atoms with Gasteiger partial charge in [-0.2, -0.15) is 5.10 Å². The molecule has 5 nitrogen and oxygen atoms in total. The Labute approximate surface area is 99.6 Å². The lowest BCUT2D eigenvalue weighted by Crippen LogP contribution is -2.24. The molecule has 0 saturated heterocycles. The fourth-order valence-corrected chi connectivity index (χ4v) is 1.54. The predicted octanol–water partition coefficient (Wildman–Crippen LogP) is 1.60. The highest BCUT2D eigenvalue weighted by atomic mass is 79.9. The second kappa shape index (κ2) is 5.45. The van der Waals surface area contributed by atoms with E-state index < -0.39 is 11.8 Å². The number of nitrogens with two attached hydrogens (primary N) is 1. The molecule has 0 radical (unpaired) electrons. The van der Waals surface area contributed by atoms with Gasteiger partial charge in [-0.05, 0) is 28.1 Å². The smallest absolute Gasteiger partial charge is 0.332 e. The first-order valence-electron chi connectivity index (χ1n) is 4.16. The number of benzene rings is 1. The van der Waals surface area contributed by atoms with Crippen LogP contribution in [0.3, 0.4) is 0 Å². The maximum Gasteiger partial charge on any atom is 0.332 e. The molecule has 16 heavy (non-hydrogen) atoms. The fraction of sp³-hybridized carbons (Fsp3) is 0.111. The molecule has 0 aliphatic carbocycles. The minimum Gasteiger partial charge on any atom is -0.495 e. The van der Waals surface area contributed by atoms with Crippen molar-refractivity contribution in [1.29, 1.82) is 0 Å². The number of carbonyl (C=O) groups is 1. The summed E-state index contributed by atoms with van der Waals surface area (Å²) in [7, 11) is 1.40. The molecular weight excluding hydrogens is 281 g/mol. The van der Waals surface area contributed by atoms with E-state index >= 15 is 0 Å². The summed E-state index contributed by atoms with van der Waals surface area (Å²) in [4.78, 5) is 10.4. The van der Waals surface area contributed by atoms with Crippen LogP contribution in [0.2, 0.25) is 0 Å². The molecule has 86 valence electrons. The molecule has 0 heterocycles. The Balaban J connectivity index is 3.00. The van der Waals surface area contributed by atoms with Crippen molar-refractivity contribution < 1.29 is 13.9 Å². The molecule has 7 heteroatoms. The summed E-state index contributed by atoms with van der Waals surface area (Å²) in [6.07, 6.45) is 1.30. The molecule has 0 aliphatic rings. The number of hydrogen-bond donors (Lipinski definition) is 2. The van der Waals surface area contributed by atoms with Gasteiger partial charge in [0.1, 0.15) is 11.6 Å². The normalized spacial score (nSPS) is 10.4. The van der Waals surface area contributed by atoms with Crippen molar-refractivity contribution in [1.82, 2.24) is 5.43 Å². The first kappa shape index (κ1) is 12.4. The van der Waals surface area contributed by atoms with Crippen LogP contribution in [0.15, 0.2) is 21.7 Å². The molecule has 3 N–H and O–H groups in total. The van der Waals surface area contributed by atoms with E-state index in [9.17, 15) is 9.18 Å². The number of carbonyl (C=O) groups excluding carboxylic acids is 1. The van der Waals surface area contributed by atoms with Gasteiger partial charge < -0.3 is 10.5 Å². The SMILES string of the molecule is COc1c(C=NNC(N)=O)ccc(F)c1Br. The highest BCUT2D eigenvalue weighted by Gasteiger charge is 2.10. The highest BCUT2D eigenvalue weighted by molar-refractivity contribution is 9.10. The third-order valence-corrected chi connectivity index (χ3v) is 2.40. The van der Waals surface area contributed by atoms with E-state index in [0.717, 1.165) is 0 Å². The Morgan fingerprint density at radius 1 is 1.69 bits per heavy atom. The van der Waals surface area contributed by atoms with Gasteiger partial charge in [-0.25, -0.2) is 14.6 Å². The zero-order chi connectivity index (χ0) is 12.1. The van der Waals surface area contributed by atoms with Crippen LogP contribution in [0.25, 0.3) is 0 Å². The van der Waals surface area contributed by atoms with E-state index in [-0.39, 0.29) is 10.2 Å². The monoisotopic (exact) mass is 289 g/mol. The number of amides is 2. The molecule has 0 saturated carbocycles. The van der Waals surface area contributed by atoms with E-state index in [2.05, 4.69) is 21.0 Å².